The van der Waals surface area contributed by atoms with Crippen LogP contribution < -0.4 is 10.2 Å². The Balaban J connectivity index is 1.73. The number of carbonyl (C=O) groups is 2. The van der Waals surface area contributed by atoms with Gasteiger partial charge in [0.2, 0.25) is 0 Å². The summed E-state index contributed by atoms with van der Waals surface area (Å²) < 4.78 is 49.4. The summed E-state index contributed by atoms with van der Waals surface area (Å²) in [6, 6.07) is 4.72. The molecule has 1 aliphatic rings. The average Bonchev–Trinajstić information content (AvgIpc) is 3.21. The Kier molecular flexibility index (Phi) is 6.20. The van der Waals surface area contributed by atoms with Gasteiger partial charge in [0.25, 0.3) is 5.91 Å². The molecule has 1 N–H and O–H groups in total. The van der Waals surface area contributed by atoms with Gasteiger partial charge in [-0.05, 0) is 29.6 Å². The number of hydrogen-bond acceptors (Lipinski definition) is 6. The molecule has 3 rings (SSSR count). The number of alkyl halides is 3. The first-order valence-electron chi connectivity index (χ1n) is 8.38. The largest absolute Gasteiger partial charge is 0.452 e. The van der Waals surface area contributed by atoms with Crippen LogP contribution in [0, 0.1) is 0 Å². The molecular weight excluding hydrogens is 397 g/mol. The number of carbonyl (C=O) groups excluding carboxylic acids is 2. The van der Waals surface area contributed by atoms with Crippen molar-refractivity contribution in [2.45, 2.75) is 6.18 Å². The van der Waals surface area contributed by atoms with Crippen LogP contribution >= 0.6 is 11.3 Å². The fraction of sp³-hybridized carbons (Fsp3) is 0.333. The molecule has 0 atom stereocenters. The Morgan fingerprint density at radius 2 is 1.96 bits per heavy atom. The number of ether oxygens (including phenoxy) is 2. The van der Waals surface area contributed by atoms with Crippen molar-refractivity contribution in [3.63, 3.8) is 0 Å². The molecule has 2 heterocycles. The number of amides is 1. The Morgan fingerprint density at radius 3 is 2.61 bits per heavy atom. The molecule has 0 unspecified atom stereocenters. The maximum absolute atomic E-state index is 13.1. The number of esters is 1. The Hall–Kier alpha value is -2.59. The van der Waals surface area contributed by atoms with Crippen molar-refractivity contribution < 1.29 is 32.2 Å². The van der Waals surface area contributed by atoms with E-state index in [1.54, 1.807) is 16.8 Å². The van der Waals surface area contributed by atoms with Crippen LogP contribution in [-0.4, -0.2) is 44.8 Å². The highest BCUT2D eigenvalue weighted by atomic mass is 32.1. The van der Waals surface area contributed by atoms with Gasteiger partial charge in [-0.1, -0.05) is 0 Å². The third kappa shape index (κ3) is 5.02. The lowest BCUT2D eigenvalue weighted by Crippen LogP contribution is -2.37. The Morgan fingerprint density at radius 1 is 1.21 bits per heavy atom. The van der Waals surface area contributed by atoms with E-state index in [9.17, 15) is 22.8 Å². The number of halogens is 3. The fourth-order valence-corrected chi connectivity index (χ4v) is 3.30. The lowest BCUT2D eigenvalue weighted by Gasteiger charge is -2.31. The second kappa shape index (κ2) is 8.61. The molecule has 0 aliphatic carbocycles. The number of morpholine rings is 1. The summed E-state index contributed by atoms with van der Waals surface area (Å²) in [7, 11) is 0. The second-order valence-electron chi connectivity index (χ2n) is 5.97. The van der Waals surface area contributed by atoms with Crippen molar-refractivity contribution in [3.05, 3.63) is 46.2 Å². The number of nitrogens with zero attached hydrogens (tertiary/aromatic N) is 1. The van der Waals surface area contributed by atoms with Crippen molar-refractivity contribution in [2.24, 2.45) is 0 Å². The van der Waals surface area contributed by atoms with Crippen LogP contribution in [0.2, 0.25) is 0 Å². The first kappa shape index (κ1) is 20.2. The summed E-state index contributed by atoms with van der Waals surface area (Å²) in [5.74, 6) is -1.40. The summed E-state index contributed by atoms with van der Waals surface area (Å²) in [4.78, 5) is 25.8. The molecular formula is C18H17F3N2O4S. The molecule has 10 heteroatoms. The smallest absolute Gasteiger partial charge is 0.416 e. The molecule has 1 fully saturated rings. The number of benzene rings is 1. The minimum absolute atomic E-state index is 0.00769. The van der Waals surface area contributed by atoms with E-state index in [0.29, 0.717) is 37.6 Å². The van der Waals surface area contributed by atoms with Gasteiger partial charge in [0, 0.05) is 18.5 Å². The first-order chi connectivity index (χ1) is 13.3. The first-order valence-corrected chi connectivity index (χ1v) is 9.32. The summed E-state index contributed by atoms with van der Waals surface area (Å²) in [6.07, 6.45) is -4.55. The van der Waals surface area contributed by atoms with Gasteiger partial charge in [0.1, 0.15) is 0 Å². The van der Waals surface area contributed by atoms with E-state index >= 15 is 0 Å². The predicted octanol–water partition coefficient (Wildman–Crippen LogP) is 3.40. The molecule has 6 nitrogen and oxygen atoms in total. The standard InChI is InChI=1S/C18H17F3N2O4S/c19-18(20,21)13-1-2-15(23-4-6-26-7-5-23)14(9-13)22-16(24)10-27-17(25)12-3-8-28-11-12/h1-3,8-9,11H,4-7,10H2,(H,22,24). The molecule has 0 bridgehead atoms. The zero-order valence-electron chi connectivity index (χ0n) is 14.6. The van der Waals surface area contributed by atoms with Crippen LogP contribution in [0.4, 0.5) is 24.5 Å². The molecule has 1 aliphatic heterocycles. The highest BCUT2D eigenvalue weighted by Crippen LogP contribution is 2.35. The van der Waals surface area contributed by atoms with Crippen LogP contribution in [0.15, 0.2) is 35.0 Å². The van der Waals surface area contributed by atoms with Crippen molar-refractivity contribution in [1.29, 1.82) is 0 Å². The monoisotopic (exact) mass is 414 g/mol. The predicted molar refractivity (Wildman–Crippen MR) is 97.7 cm³/mol. The minimum Gasteiger partial charge on any atom is -0.452 e. The second-order valence-corrected chi connectivity index (χ2v) is 6.75. The highest BCUT2D eigenvalue weighted by molar-refractivity contribution is 7.08. The molecule has 0 saturated carbocycles. The third-order valence-corrected chi connectivity index (χ3v) is 4.72. The molecule has 1 aromatic carbocycles. The highest BCUT2D eigenvalue weighted by Gasteiger charge is 2.32. The van der Waals surface area contributed by atoms with Gasteiger partial charge < -0.3 is 19.7 Å². The van der Waals surface area contributed by atoms with Gasteiger partial charge in [-0.2, -0.15) is 24.5 Å². The van der Waals surface area contributed by atoms with Crippen molar-refractivity contribution in [3.8, 4) is 0 Å². The molecule has 0 radical (unpaired) electrons. The summed E-state index contributed by atoms with van der Waals surface area (Å²) in [5.41, 5.74) is -0.108. The normalized spacial score (nSPS) is 14.6. The number of hydrogen-bond donors (Lipinski definition) is 1. The lowest BCUT2D eigenvalue weighted by molar-refractivity contribution is -0.137. The molecule has 0 spiro atoms. The van der Waals surface area contributed by atoms with Crippen LogP contribution in [0.3, 0.4) is 0 Å². The molecule has 28 heavy (non-hydrogen) atoms. The molecule has 150 valence electrons. The average molecular weight is 414 g/mol. The zero-order valence-corrected chi connectivity index (χ0v) is 15.4. The van der Waals surface area contributed by atoms with Crippen molar-refractivity contribution >= 4 is 34.6 Å². The van der Waals surface area contributed by atoms with Gasteiger partial charge in [-0.25, -0.2) is 4.79 Å². The van der Waals surface area contributed by atoms with E-state index in [0.717, 1.165) is 12.1 Å². The van der Waals surface area contributed by atoms with E-state index in [2.05, 4.69) is 5.32 Å². The van der Waals surface area contributed by atoms with Crippen LogP contribution in [0.1, 0.15) is 15.9 Å². The fourth-order valence-electron chi connectivity index (χ4n) is 2.67. The van der Waals surface area contributed by atoms with Gasteiger partial charge in [-0.3, -0.25) is 4.79 Å². The van der Waals surface area contributed by atoms with Gasteiger partial charge in [0.15, 0.2) is 6.61 Å². The van der Waals surface area contributed by atoms with E-state index < -0.39 is 30.2 Å². The minimum atomic E-state index is -4.55. The zero-order chi connectivity index (χ0) is 20.1. The quantitative estimate of drug-likeness (QED) is 0.760. The lowest BCUT2D eigenvalue weighted by atomic mass is 10.1. The number of rotatable bonds is 5. The van der Waals surface area contributed by atoms with E-state index in [1.165, 1.54) is 17.4 Å². The van der Waals surface area contributed by atoms with E-state index in [4.69, 9.17) is 9.47 Å². The summed E-state index contributed by atoms with van der Waals surface area (Å²) >= 11 is 1.30. The molecule has 1 aromatic heterocycles. The number of anilines is 2. The Labute approximate surface area is 162 Å². The number of thiophene rings is 1. The number of nitrogens with one attached hydrogen (secondary N) is 1. The molecule has 1 amide bonds. The third-order valence-electron chi connectivity index (χ3n) is 4.04. The van der Waals surface area contributed by atoms with Crippen molar-refractivity contribution in [1.82, 2.24) is 0 Å². The topological polar surface area (TPSA) is 67.9 Å². The maximum atomic E-state index is 13.1. The van der Waals surface area contributed by atoms with E-state index in [-0.39, 0.29) is 5.69 Å². The molecule has 2 aromatic rings. The SMILES string of the molecule is O=C(COC(=O)c1ccsc1)Nc1cc(C(F)(F)F)ccc1N1CCOCC1. The Bertz CT molecular complexity index is 834. The van der Waals surface area contributed by atoms with Crippen LogP contribution in [0.5, 0.6) is 0 Å². The van der Waals surface area contributed by atoms with E-state index in [1.807, 2.05) is 4.90 Å². The van der Waals surface area contributed by atoms with Crippen LogP contribution in [0.25, 0.3) is 0 Å². The molecule has 1 saturated heterocycles. The van der Waals surface area contributed by atoms with Gasteiger partial charge in [0.05, 0.1) is 35.7 Å². The maximum Gasteiger partial charge on any atom is 0.416 e. The summed E-state index contributed by atoms with van der Waals surface area (Å²) in [6.45, 7) is 1.25. The van der Waals surface area contributed by atoms with Gasteiger partial charge >= 0.3 is 12.1 Å². The van der Waals surface area contributed by atoms with Gasteiger partial charge in [-0.15, -0.1) is 0 Å². The summed E-state index contributed by atoms with van der Waals surface area (Å²) in [5, 5.41) is 5.69. The van der Waals surface area contributed by atoms with Crippen LogP contribution in [-0.2, 0) is 20.4 Å². The van der Waals surface area contributed by atoms with Crippen molar-refractivity contribution in [2.75, 3.05) is 43.1 Å².